The molecule has 0 spiro atoms. The SMILES string of the molecule is Cc1cccc(-n2ccnc2SCC(=O)c2c(N)n(C3CC3)c(=O)[nH]c2=O)c1. The Morgan fingerprint density at radius 2 is 2.14 bits per heavy atom. The largest absolute Gasteiger partial charge is 0.384 e. The molecule has 3 aromatic rings. The lowest BCUT2D eigenvalue weighted by atomic mass is 10.2. The topological polar surface area (TPSA) is 116 Å². The van der Waals surface area contributed by atoms with Crippen LogP contribution in [-0.4, -0.2) is 30.6 Å². The maximum absolute atomic E-state index is 12.7. The molecule has 2 heterocycles. The Bertz CT molecular complexity index is 1170. The molecule has 0 unspecified atom stereocenters. The molecule has 0 radical (unpaired) electrons. The molecular weight excluding hydrogens is 378 g/mol. The van der Waals surface area contributed by atoms with E-state index < -0.39 is 17.0 Å². The van der Waals surface area contributed by atoms with Crippen molar-refractivity contribution < 1.29 is 4.79 Å². The Kier molecular flexibility index (Phi) is 4.68. The lowest BCUT2D eigenvalue weighted by Gasteiger charge is -2.11. The standard InChI is InChI=1S/C19H19N5O3S/c1-11-3-2-4-13(9-11)23-8-7-21-19(23)28-10-14(25)15-16(20)24(12-5-6-12)18(27)22-17(15)26/h2-4,7-9,12H,5-6,10,20H2,1H3,(H,22,26,27). The van der Waals surface area contributed by atoms with Crippen molar-refractivity contribution in [3.8, 4) is 5.69 Å². The molecule has 0 saturated heterocycles. The van der Waals surface area contributed by atoms with Gasteiger partial charge in [0.15, 0.2) is 10.9 Å². The molecule has 3 N–H and O–H groups in total. The van der Waals surface area contributed by atoms with Crippen LogP contribution in [0.3, 0.4) is 0 Å². The zero-order valence-electron chi connectivity index (χ0n) is 15.2. The number of nitrogens with two attached hydrogens (primary N) is 1. The van der Waals surface area contributed by atoms with Crippen LogP contribution >= 0.6 is 11.8 Å². The van der Waals surface area contributed by atoms with Crippen LogP contribution in [0.2, 0.25) is 0 Å². The maximum Gasteiger partial charge on any atom is 0.330 e. The molecule has 1 aromatic carbocycles. The Balaban J connectivity index is 1.59. The van der Waals surface area contributed by atoms with Crippen molar-refractivity contribution >= 4 is 23.4 Å². The van der Waals surface area contributed by atoms with Gasteiger partial charge in [-0.05, 0) is 37.5 Å². The Labute approximate surface area is 164 Å². The molecule has 0 atom stereocenters. The van der Waals surface area contributed by atoms with Crippen LogP contribution in [0, 0.1) is 6.92 Å². The van der Waals surface area contributed by atoms with E-state index in [0.29, 0.717) is 5.16 Å². The summed E-state index contributed by atoms with van der Waals surface area (Å²) in [5, 5.41) is 0.629. The quantitative estimate of drug-likeness (QED) is 0.485. The lowest BCUT2D eigenvalue weighted by Crippen LogP contribution is -2.36. The van der Waals surface area contributed by atoms with Gasteiger partial charge >= 0.3 is 5.69 Å². The highest BCUT2D eigenvalue weighted by Gasteiger charge is 2.30. The summed E-state index contributed by atoms with van der Waals surface area (Å²) >= 11 is 1.22. The van der Waals surface area contributed by atoms with Gasteiger partial charge in [0.25, 0.3) is 5.56 Å². The molecule has 144 valence electrons. The van der Waals surface area contributed by atoms with Crippen molar-refractivity contribution in [3.63, 3.8) is 0 Å². The highest BCUT2D eigenvalue weighted by Crippen LogP contribution is 2.35. The fourth-order valence-corrected chi connectivity index (χ4v) is 3.95. The number of nitrogen functional groups attached to an aromatic ring is 1. The van der Waals surface area contributed by atoms with Crippen molar-refractivity contribution in [2.24, 2.45) is 0 Å². The van der Waals surface area contributed by atoms with Crippen molar-refractivity contribution in [3.05, 3.63) is 68.6 Å². The van der Waals surface area contributed by atoms with Crippen LogP contribution in [0.25, 0.3) is 5.69 Å². The highest BCUT2D eigenvalue weighted by atomic mass is 32.2. The number of carbonyl (C=O) groups is 1. The molecule has 0 aliphatic heterocycles. The number of Topliss-reactive ketones (excluding diaryl/α,β-unsaturated/α-hetero) is 1. The monoisotopic (exact) mass is 397 g/mol. The fourth-order valence-electron chi connectivity index (χ4n) is 3.10. The summed E-state index contributed by atoms with van der Waals surface area (Å²) in [6.07, 6.45) is 5.10. The van der Waals surface area contributed by atoms with Crippen LogP contribution in [0.15, 0.2) is 51.4 Å². The number of hydrogen-bond donors (Lipinski definition) is 2. The number of benzene rings is 1. The highest BCUT2D eigenvalue weighted by molar-refractivity contribution is 7.99. The number of H-pyrrole nitrogens is 1. The third-order valence-corrected chi connectivity index (χ3v) is 5.56. The number of aryl methyl sites for hydroxylation is 1. The average molecular weight is 397 g/mol. The van der Waals surface area contributed by atoms with Gasteiger partial charge in [0.1, 0.15) is 11.4 Å². The van der Waals surface area contributed by atoms with Gasteiger partial charge < -0.3 is 5.73 Å². The second-order valence-electron chi connectivity index (χ2n) is 6.75. The first-order valence-electron chi connectivity index (χ1n) is 8.86. The van der Waals surface area contributed by atoms with Gasteiger partial charge in [-0.2, -0.15) is 0 Å². The molecule has 1 aliphatic carbocycles. The molecule has 8 nitrogen and oxygen atoms in total. The third-order valence-electron chi connectivity index (χ3n) is 4.59. The third kappa shape index (κ3) is 3.40. The number of anilines is 1. The summed E-state index contributed by atoms with van der Waals surface area (Å²) in [6, 6.07) is 7.88. The van der Waals surface area contributed by atoms with Gasteiger partial charge in [-0.3, -0.25) is 23.7 Å². The number of ketones is 1. The normalized spacial score (nSPS) is 13.6. The fraction of sp³-hybridized carbons (Fsp3) is 0.263. The molecule has 0 amide bonds. The summed E-state index contributed by atoms with van der Waals surface area (Å²) in [7, 11) is 0. The molecule has 1 aliphatic rings. The molecule has 4 rings (SSSR count). The van der Waals surface area contributed by atoms with Crippen molar-refractivity contribution in [2.45, 2.75) is 31.0 Å². The predicted molar refractivity (Wildman–Crippen MR) is 107 cm³/mol. The van der Waals surface area contributed by atoms with Crippen LogP contribution in [0.4, 0.5) is 5.82 Å². The second kappa shape index (κ2) is 7.16. The number of imidazole rings is 1. The molecule has 0 bridgehead atoms. The lowest BCUT2D eigenvalue weighted by molar-refractivity contribution is 0.102. The zero-order chi connectivity index (χ0) is 19.8. The van der Waals surface area contributed by atoms with Crippen LogP contribution in [0.5, 0.6) is 0 Å². The van der Waals surface area contributed by atoms with E-state index in [1.54, 1.807) is 6.20 Å². The smallest absolute Gasteiger partial charge is 0.330 e. The van der Waals surface area contributed by atoms with E-state index in [-0.39, 0.29) is 23.2 Å². The van der Waals surface area contributed by atoms with E-state index in [2.05, 4.69) is 9.97 Å². The van der Waals surface area contributed by atoms with Crippen LogP contribution in [0.1, 0.15) is 34.8 Å². The Morgan fingerprint density at radius 1 is 1.36 bits per heavy atom. The van der Waals surface area contributed by atoms with E-state index in [4.69, 9.17) is 5.73 Å². The number of hydrogen-bond acceptors (Lipinski definition) is 6. The van der Waals surface area contributed by atoms with E-state index in [0.717, 1.165) is 24.1 Å². The van der Waals surface area contributed by atoms with Gasteiger partial charge in [-0.1, -0.05) is 23.9 Å². The molecular formula is C19H19N5O3S. The van der Waals surface area contributed by atoms with Gasteiger partial charge in [-0.25, -0.2) is 9.78 Å². The average Bonchev–Trinajstić information content (AvgIpc) is 3.35. The predicted octanol–water partition coefficient (Wildman–Crippen LogP) is 1.92. The molecule has 1 saturated carbocycles. The minimum atomic E-state index is -0.743. The van der Waals surface area contributed by atoms with Crippen molar-refractivity contribution in [1.82, 2.24) is 19.1 Å². The minimum absolute atomic E-state index is 0.0149. The Hall–Kier alpha value is -3.07. The Morgan fingerprint density at radius 3 is 2.86 bits per heavy atom. The first kappa shape index (κ1) is 18.3. The summed E-state index contributed by atoms with van der Waals surface area (Å²) in [4.78, 5) is 43.4. The number of nitrogens with zero attached hydrogens (tertiary/aromatic N) is 3. The van der Waals surface area contributed by atoms with E-state index in [1.807, 2.05) is 42.0 Å². The first-order valence-corrected chi connectivity index (χ1v) is 9.85. The first-order chi connectivity index (χ1) is 13.5. The van der Waals surface area contributed by atoms with Crippen LogP contribution < -0.4 is 17.0 Å². The maximum atomic E-state index is 12.7. The van der Waals surface area contributed by atoms with Crippen LogP contribution in [-0.2, 0) is 0 Å². The molecule has 9 heteroatoms. The number of carbonyl (C=O) groups excluding carboxylic acids is 1. The molecule has 2 aromatic heterocycles. The number of aromatic amines is 1. The van der Waals surface area contributed by atoms with Gasteiger partial charge in [0, 0.05) is 24.1 Å². The van der Waals surface area contributed by atoms with E-state index >= 15 is 0 Å². The number of rotatable bonds is 6. The van der Waals surface area contributed by atoms with E-state index in [9.17, 15) is 14.4 Å². The number of nitrogens with one attached hydrogen (secondary N) is 1. The van der Waals surface area contributed by atoms with Gasteiger partial charge in [0.2, 0.25) is 0 Å². The van der Waals surface area contributed by atoms with Gasteiger partial charge in [0.05, 0.1) is 5.75 Å². The summed E-state index contributed by atoms with van der Waals surface area (Å²) in [5.74, 6) is -0.500. The molecule has 28 heavy (non-hydrogen) atoms. The van der Waals surface area contributed by atoms with Gasteiger partial charge in [-0.15, -0.1) is 0 Å². The summed E-state index contributed by atoms with van der Waals surface area (Å²) < 4.78 is 3.19. The van der Waals surface area contributed by atoms with Crippen molar-refractivity contribution in [2.75, 3.05) is 11.5 Å². The zero-order valence-corrected chi connectivity index (χ0v) is 16.0. The van der Waals surface area contributed by atoms with E-state index in [1.165, 1.54) is 16.3 Å². The summed E-state index contributed by atoms with van der Waals surface area (Å²) in [6.45, 7) is 2.00. The number of aromatic nitrogens is 4. The second-order valence-corrected chi connectivity index (χ2v) is 7.69. The van der Waals surface area contributed by atoms with Crippen molar-refractivity contribution in [1.29, 1.82) is 0 Å². The summed E-state index contributed by atoms with van der Waals surface area (Å²) in [5.41, 5.74) is 6.58. The minimum Gasteiger partial charge on any atom is -0.384 e. The number of thioether (sulfide) groups is 1. The molecule has 1 fully saturated rings.